The number of rotatable bonds is 4. The molecule has 0 fully saturated rings. The van der Waals surface area contributed by atoms with Crippen molar-refractivity contribution in [2.75, 3.05) is 5.32 Å². The lowest BCUT2D eigenvalue weighted by molar-refractivity contribution is 0.627. The summed E-state index contributed by atoms with van der Waals surface area (Å²) in [6.45, 7) is 2.03. The van der Waals surface area contributed by atoms with E-state index in [4.69, 9.17) is 15.1 Å². The fourth-order valence-corrected chi connectivity index (χ4v) is 7.58. The summed E-state index contributed by atoms with van der Waals surface area (Å²) in [6.07, 6.45) is 0. The summed E-state index contributed by atoms with van der Waals surface area (Å²) in [6, 6.07) is 33.4. The molecule has 8 rings (SSSR count). The first-order valence-corrected chi connectivity index (χ1v) is 14.9. The molecule has 3 aromatic heterocycles. The maximum absolute atomic E-state index is 14.2. The van der Waals surface area contributed by atoms with E-state index in [1.165, 1.54) is 12.1 Å². The van der Waals surface area contributed by atoms with Crippen molar-refractivity contribution >= 4 is 60.2 Å². The van der Waals surface area contributed by atoms with Crippen LogP contribution in [0.2, 0.25) is 0 Å². The molecular formula is C33H22FN5S2. The van der Waals surface area contributed by atoms with Gasteiger partial charge in [-0.25, -0.2) is 14.4 Å². The summed E-state index contributed by atoms with van der Waals surface area (Å²) >= 11 is 3.28. The van der Waals surface area contributed by atoms with Crippen LogP contribution in [0.25, 0.3) is 36.8 Å². The average molecular weight is 572 g/mol. The standard InChI is InChI=1S/C33H22FN5S2/c1-19-27-28(20-15-17-22(34)18-16-20)29(32-35-23-11-5-7-13-25(23)40-32)30(21-9-3-2-4-10-21)37-31(27)39(38-19)33-36-24-12-6-8-14-26(24)41-33/h2-18,28,37H,1H3/t28-/m0/s1. The fraction of sp³-hybridized carbons (Fsp3) is 0.0606. The number of benzene rings is 4. The van der Waals surface area contributed by atoms with E-state index < -0.39 is 0 Å². The number of hydrogen-bond acceptors (Lipinski definition) is 6. The lowest BCUT2D eigenvalue weighted by atomic mass is 9.80. The van der Waals surface area contributed by atoms with Gasteiger partial charge < -0.3 is 5.32 Å². The normalized spacial score (nSPS) is 14.9. The van der Waals surface area contributed by atoms with Gasteiger partial charge in [-0.05, 0) is 54.4 Å². The molecule has 0 radical (unpaired) electrons. The second-order valence-electron chi connectivity index (χ2n) is 9.97. The van der Waals surface area contributed by atoms with Gasteiger partial charge in [-0.3, -0.25) is 0 Å². The van der Waals surface area contributed by atoms with Gasteiger partial charge in [-0.2, -0.15) is 9.78 Å². The molecule has 4 heterocycles. The maximum atomic E-state index is 14.2. The van der Waals surface area contributed by atoms with Crippen LogP contribution in [0.3, 0.4) is 0 Å². The quantitative estimate of drug-likeness (QED) is 0.230. The zero-order chi connectivity index (χ0) is 27.5. The molecular weight excluding hydrogens is 550 g/mol. The number of fused-ring (bicyclic) bond motifs is 3. The predicted molar refractivity (Wildman–Crippen MR) is 166 cm³/mol. The van der Waals surface area contributed by atoms with Crippen molar-refractivity contribution in [1.29, 1.82) is 0 Å². The molecule has 41 heavy (non-hydrogen) atoms. The number of allylic oxidation sites excluding steroid dienone is 1. The number of nitrogens with one attached hydrogen (secondary N) is 1. The molecule has 1 atom stereocenters. The molecule has 198 valence electrons. The number of aromatic nitrogens is 4. The number of nitrogens with zero attached hydrogens (tertiary/aromatic N) is 4. The number of halogens is 1. The highest BCUT2D eigenvalue weighted by Gasteiger charge is 2.37. The molecule has 0 saturated carbocycles. The monoisotopic (exact) mass is 571 g/mol. The topological polar surface area (TPSA) is 55.6 Å². The minimum absolute atomic E-state index is 0.231. The van der Waals surface area contributed by atoms with Crippen molar-refractivity contribution in [1.82, 2.24) is 19.7 Å². The minimum Gasteiger partial charge on any atom is -0.339 e. The molecule has 0 spiro atoms. The van der Waals surface area contributed by atoms with Crippen LogP contribution in [0.15, 0.2) is 103 Å². The summed E-state index contributed by atoms with van der Waals surface area (Å²) in [5, 5.41) is 10.5. The van der Waals surface area contributed by atoms with E-state index >= 15 is 0 Å². The predicted octanol–water partition coefficient (Wildman–Crippen LogP) is 8.67. The zero-order valence-electron chi connectivity index (χ0n) is 21.9. The molecule has 1 aliphatic rings. The van der Waals surface area contributed by atoms with Gasteiger partial charge in [0.1, 0.15) is 16.6 Å². The van der Waals surface area contributed by atoms with Crippen molar-refractivity contribution in [2.24, 2.45) is 0 Å². The Hall–Kier alpha value is -4.66. The Labute approximate surface area is 243 Å². The van der Waals surface area contributed by atoms with Gasteiger partial charge in [0.05, 0.1) is 31.8 Å². The van der Waals surface area contributed by atoms with E-state index in [0.717, 1.165) is 70.0 Å². The Kier molecular flexibility index (Phi) is 5.58. The number of para-hydroxylation sites is 2. The van der Waals surface area contributed by atoms with Gasteiger partial charge in [0.25, 0.3) is 0 Å². The zero-order valence-corrected chi connectivity index (χ0v) is 23.5. The Morgan fingerprint density at radius 1 is 0.756 bits per heavy atom. The average Bonchev–Trinajstić information content (AvgIpc) is 3.72. The van der Waals surface area contributed by atoms with E-state index in [0.29, 0.717) is 0 Å². The van der Waals surface area contributed by atoms with E-state index in [1.807, 2.05) is 78.3 Å². The highest BCUT2D eigenvalue weighted by molar-refractivity contribution is 7.20. The Morgan fingerprint density at radius 2 is 1.41 bits per heavy atom. The number of aryl methyl sites for hydroxylation is 1. The summed E-state index contributed by atoms with van der Waals surface area (Å²) < 4.78 is 18.3. The molecule has 4 aromatic carbocycles. The minimum atomic E-state index is -0.265. The van der Waals surface area contributed by atoms with Crippen molar-refractivity contribution in [3.8, 4) is 5.13 Å². The van der Waals surface area contributed by atoms with E-state index in [9.17, 15) is 4.39 Å². The fourth-order valence-electron chi connectivity index (χ4n) is 5.61. The van der Waals surface area contributed by atoms with Crippen LogP contribution < -0.4 is 5.32 Å². The van der Waals surface area contributed by atoms with Crippen LogP contribution >= 0.6 is 22.7 Å². The summed E-state index contributed by atoms with van der Waals surface area (Å²) in [4.78, 5) is 10.0. The molecule has 0 saturated heterocycles. The Morgan fingerprint density at radius 3 is 2.12 bits per heavy atom. The second-order valence-corrected chi connectivity index (χ2v) is 12.0. The molecule has 0 amide bonds. The summed E-state index contributed by atoms with van der Waals surface area (Å²) in [5.74, 6) is 0.365. The van der Waals surface area contributed by atoms with Crippen molar-refractivity contribution in [2.45, 2.75) is 12.8 Å². The molecule has 1 N–H and O–H groups in total. The highest BCUT2D eigenvalue weighted by atomic mass is 32.1. The lowest BCUT2D eigenvalue weighted by Crippen LogP contribution is -2.19. The first-order chi connectivity index (χ1) is 20.1. The third-order valence-electron chi connectivity index (χ3n) is 7.45. The van der Waals surface area contributed by atoms with Gasteiger partial charge in [-0.15, -0.1) is 11.3 Å². The smallest absolute Gasteiger partial charge is 0.213 e. The van der Waals surface area contributed by atoms with Gasteiger partial charge in [0.2, 0.25) is 5.13 Å². The number of anilines is 1. The first-order valence-electron chi connectivity index (χ1n) is 13.3. The van der Waals surface area contributed by atoms with Crippen LogP contribution in [-0.4, -0.2) is 19.7 Å². The van der Waals surface area contributed by atoms with E-state index in [-0.39, 0.29) is 11.7 Å². The Balaban J connectivity index is 1.43. The van der Waals surface area contributed by atoms with Crippen LogP contribution in [0.4, 0.5) is 10.2 Å². The van der Waals surface area contributed by atoms with Crippen molar-refractivity contribution in [3.05, 3.63) is 136 Å². The summed E-state index contributed by atoms with van der Waals surface area (Å²) in [5.41, 5.74) is 7.82. The largest absolute Gasteiger partial charge is 0.339 e. The molecule has 0 bridgehead atoms. The summed E-state index contributed by atoms with van der Waals surface area (Å²) in [7, 11) is 0. The van der Waals surface area contributed by atoms with Crippen molar-refractivity contribution in [3.63, 3.8) is 0 Å². The first kappa shape index (κ1) is 24.2. The molecule has 8 heteroatoms. The number of thiazole rings is 2. The lowest BCUT2D eigenvalue weighted by Gasteiger charge is -2.30. The van der Waals surface area contributed by atoms with E-state index in [1.54, 1.807) is 22.7 Å². The van der Waals surface area contributed by atoms with Gasteiger partial charge in [0, 0.05) is 17.1 Å². The van der Waals surface area contributed by atoms with Gasteiger partial charge in [-0.1, -0.05) is 78.1 Å². The van der Waals surface area contributed by atoms with Crippen LogP contribution in [0.1, 0.15) is 33.3 Å². The number of hydrogen-bond donors (Lipinski definition) is 1. The van der Waals surface area contributed by atoms with Crippen LogP contribution in [-0.2, 0) is 0 Å². The van der Waals surface area contributed by atoms with Crippen LogP contribution in [0, 0.1) is 12.7 Å². The molecule has 0 aliphatic carbocycles. The van der Waals surface area contributed by atoms with Crippen LogP contribution in [0.5, 0.6) is 0 Å². The van der Waals surface area contributed by atoms with E-state index in [2.05, 4.69) is 29.6 Å². The second kappa shape index (κ2) is 9.47. The highest BCUT2D eigenvalue weighted by Crippen LogP contribution is 2.51. The van der Waals surface area contributed by atoms with Crippen molar-refractivity contribution < 1.29 is 4.39 Å². The van der Waals surface area contributed by atoms with Gasteiger partial charge in [0.15, 0.2) is 0 Å². The molecule has 7 aromatic rings. The maximum Gasteiger partial charge on any atom is 0.213 e. The third kappa shape index (κ3) is 3.98. The molecule has 1 aliphatic heterocycles. The third-order valence-corrected chi connectivity index (χ3v) is 9.53. The van der Waals surface area contributed by atoms with Gasteiger partial charge >= 0.3 is 0 Å². The molecule has 5 nitrogen and oxygen atoms in total. The Bertz CT molecular complexity index is 2040. The SMILES string of the molecule is Cc1nn(-c2nc3ccccc3s2)c2c1[C@H](c1ccc(F)cc1)C(c1nc3ccccc3s1)=C(c1ccccc1)N2. The molecule has 0 unspecified atom stereocenters.